The van der Waals surface area contributed by atoms with E-state index in [4.69, 9.17) is 25.3 Å². The molecule has 1 saturated carbocycles. The van der Waals surface area contributed by atoms with Gasteiger partial charge in [0.2, 0.25) is 0 Å². The summed E-state index contributed by atoms with van der Waals surface area (Å²) >= 11 is 0.956. The third kappa shape index (κ3) is 7.09. The number of aryl methyl sites for hydroxylation is 1. The van der Waals surface area contributed by atoms with Crippen molar-refractivity contribution in [2.45, 2.75) is 81.3 Å². The quantitative estimate of drug-likeness (QED) is 0.0425. The van der Waals surface area contributed by atoms with E-state index in [1.54, 1.807) is 25.2 Å². The molecule has 50 heavy (non-hydrogen) atoms. The first-order valence-corrected chi connectivity index (χ1v) is 17.5. The molecule has 0 bridgehead atoms. The SMILES string of the molecule is CN[C@]1(CO)C[C@@H](NC(=N)c2ccc3c(c2)CC[C@H]([C@](C)(O/N=C(\C(=O)N[C@@H]2C(=O)N(OS(=O)(=O)O)C2(C)C)c2csc(N)n2)C(=O)O)O3)C1. The van der Waals surface area contributed by atoms with E-state index in [-0.39, 0.29) is 41.3 Å². The number of oxime groups is 1. The number of carboxylic acid groups (broad SMARTS) is 1. The molecular weight excluding hydrogens is 700 g/mol. The number of hydrogen-bond acceptors (Lipinski definition) is 15. The number of fused-ring (bicyclic) bond motifs is 1. The summed E-state index contributed by atoms with van der Waals surface area (Å²) < 4.78 is 41.7. The van der Waals surface area contributed by atoms with Gasteiger partial charge in [0.1, 0.15) is 23.3 Å². The maximum Gasteiger partial charge on any atom is 0.418 e. The Kier molecular flexibility index (Phi) is 9.86. The zero-order valence-corrected chi connectivity index (χ0v) is 29.1. The van der Waals surface area contributed by atoms with E-state index in [9.17, 15) is 33.0 Å². The van der Waals surface area contributed by atoms with E-state index in [1.807, 2.05) is 0 Å². The first-order valence-electron chi connectivity index (χ1n) is 15.3. The number of carbonyl (C=O) groups excluding carboxylic acids is 2. The molecule has 19 nitrogen and oxygen atoms in total. The van der Waals surface area contributed by atoms with Crippen molar-refractivity contribution in [3.63, 3.8) is 0 Å². The molecule has 3 aliphatic rings. The molecule has 0 unspecified atom stereocenters. The lowest BCUT2D eigenvalue weighted by Gasteiger charge is -2.50. The molecule has 1 aromatic heterocycles. The standard InChI is InChI=1S/C29H38N8O11S2/c1-27(2)21(24(40)37(27)48-50(43,44)45)35-23(39)20(17-12-49-26(31)34-17)36-47-28(3,25(41)42)19-8-6-14-9-15(5-7-18(14)46-19)22(30)33-16-10-29(11-16,13-38)32-4/h5,7,9,12,16,19,21,32,38H,6,8,10-11,13H2,1-4H3,(H2,30,33)(H2,31,34)(H,35,39)(H,41,42)(H,43,44,45)/b36-20-/t16-,19-,21-,28+,29-/m1/s1. The van der Waals surface area contributed by atoms with Crippen LogP contribution in [0.15, 0.2) is 28.7 Å². The lowest BCUT2D eigenvalue weighted by atomic mass is 9.73. The predicted molar refractivity (Wildman–Crippen MR) is 177 cm³/mol. The van der Waals surface area contributed by atoms with Crippen molar-refractivity contribution in [2.75, 3.05) is 19.4 Å². The van der Waals surface area contributed by atoms with Crippen LogP contribution in [0.1, 0.15) is 56.9 Å². The molecule has 2 aliphatic heterocycles. The molecular formula is C29H38N8O11S2. The Morgan fingerprint density at radius 2 is 2.00 bits per heavy atom. The number of nitrogen functional groups attached to an aromatic ring is 1. The van der Waals surface area contributed by atoms with Crippen LogP contribution in [-0.2, 0) is 40.3 Å². The second-order valence-corrected chi connectivity index (χ2v) is 14.9. The number of rotatable bonds is 13. The first-order chi connectivity index (χ1) is 23.3. The van der Waals surface area contributed by atoms with Crippen LogP contribution in [0, 0.1) is 5.41 Å². The van der Waals surface area contributed by atoms with Crippen molar-refractivity contribution >= 4 is 56.2 Å². The molecule has 21 heteroatoms. The van der Waals surface area contributed by atoms with Gasteiger partial charge in [-0.1, -0.05) is 5.16 Å². The van der Waals surface area contributed by atoms with Crippen LogP contribution in [0.25, 0.3) is 0 Å². The monoisotopic (exact) mass is 738 g/mol. The largest absolute Gasteiger partial charge is 0.485 e. The van der Waals surface area contributed by atoms with Crippen LogP contribution >= 0.6 is 11.3 Å². The summed E-state index contributed by atoms with van der Waals surface area (Å²) in [7, 11) is -3.25. The molecule has 2 aromatic rings. The number of nitrogens with two attached hydrogens (primary N) is 1. The molecule has 3 heterocycles. The van der Waals surface area contributed by atoms with E-state index >= 15 is 0 Å². The Morgan fingerprint density at radius 1 is 1.30 bits per heavy atom. The van der Waals surface area contributed by atoms with Crippen LogP contribution in [0.3, 0.4) is 0 Å². The van der Waals surface area contributed by atoms with E-state index in [2.05, 4.69) is 30.4 Å². The van der Waals surface area contributed by atoms with Crippen molar-refractivity contribution < 1.29 is 51.4 Å². The van der Waals surface area contributed by atoms with Gasteiger partial charge in [-0.3, -0.25) is 19.6 Å². The Bertz CT molecular complexity index is 1840. The number of aromatic nitrogens is 1. The number of hydrogen-bond donors (Lipinski definition) is 8. The summed E-state index contributed by atoms with van der Waals surface area (Å²) in [5, 5.41) is 42.8. The summed E-state index contributed by atoms with van der Waals surface area (Å²) in [6.45, 7) is 3.96. The molecule has 3 atom stereocenters. The minimum absolute atomic E-state index is 0.00115. The number of anilines is 1. The molecule has 2 amide bonds. The lowest BCUT2D eigenvalue weighted by molar-refractivity contribution is -0.218. The molecule has 5 rings (SSSR count). The van der Waals surface area contributed by atoms with Crippen molar-refractivity contribution in [3.05, 3.63) is 40.4 Å². The number of aliphatic carboxylic acids is 1. The number of β-lactam (4-membered cyclic amide) rings is 1. The molecule has 1 aromatic carbocycles. The van der Waals surface area contributed by atoms with Gasteiger partial charge in [0.05, 0.1) is 12.1 Å². The highest BCUT2D eigenvalue weighted by molar-refractivity contribution is 7.80. The van der Waals surface area contributed by atoms with Gasteiger partial charge in [0, 0.05) is 22.5 Å². The summed E-state index contributed by atoms with van der Waals surface area (Å²) in [6, 6.07) is 3.77. The van der Waals surface area contributed by atoms with E-state index in [1.165, 1.54) is 26.2 Å². The molecule has 272 valence electrons. The van der Waals surface area contributed by atoms with Crippen LogP contribution in [-0.4, -0.2) is 111 Å². The maximum atomic E-state index is 13.5. The predicted octanol–water partition coefficient (Wildman–Crippen LogP) is -0.449. The molecule has 1 aliphatic carbocycles. The number of likely N-dealkylation sites (N-methyl/N-ethyl adjacent to an activating group) is 1. The third-order valence-electron chi connectivity index (χ3n) is 9.22. The van der Waals surface area contributed by atoms with Gasteiger partial charge in [-0.25, -0.2) is 9.78 Å². The topological polar surface area (TPSA) is 288 Å². The van der Waals surface area contributed by atoms with Gasteiger partial charge >= 0.3 is 16.4 Å². The first kappa shape index (κ1) is 36.9. The van der Waals surface area contributed by atoms with Crippen LogP contribution in [0.5, 0.6) is 5.75 Å². The number of amides is 2. The molecule has 2 fully saturated rings. The highest BCUT2D eigenvalue weighted by Gasteiger charge is 2.58. The lowest BCUT2D eigenvalue weighted by Crippen LogP contribution is -2.76. The summed E-state index contributed by atoms with van der Waals surface area (Å²) in [5.41, 5.74) is 2.54. The number of ether oxygens (including phenoxy) is 1. The zero-order valence-electron chi connectivity index (χ0n) is 27.4. The highest BCUT2D eigenvalue weighted by Crippen LogP contribution is 2.36. The van der Waals surface area contributed by atoms with E-state index < -0.39 is 57.2 Å². The third-order valence-corrected chi connectivity index (χ3v) is 10.2. The van der Waals surface area contributed by atoms with Gasteiger partial charge in [-0.2, -0.15) is 13.5 Å². The van der Waals surface area contributed by atoms with Gasteiger partial charge < -0.3 is 41.5 Å². The number of nitrogens with one attached hydrogen (secondary N) is 4. The second-order valence-electron chi connectivity index (χ2n) is 13.0. The number of benzene rings is 1. The number of hydroxylamine groups is 2. The molecule has 0 spiro atoms. The number of aliphatic hydroxyl groups is 1. The minimum atomic E-state index is -5.04. The normalized spacial score (nSPS) is 25.6. The van der Waals surface area contributed by atoms with Gasteiger partial charge in [0.15, 0.2) is 16.9 Å². The minimum Gasteiger partial charge on any atom is -0.485 e. The average molecular weight is 739 g/mol. The van der Waals surface area contributed by atoms with E-state index in [0.717, 1.165) is 16.9 Å². The fourth-order valence-electron chi connectivity index (χ4n) is 6.01. The van der Waals surface area contributed by atoms with Crippen LogP contribution in [0.2, 0.25) is 0 Å². The van der Waals surface area contributed by atoms with Crippen LogP contribution < -0.4 is 26.4 Å². The number of carboxylic acids is 1. The maximum absolute atomic E-state index is 13.5. The van der Waals surface area contributed by atoms with Crippen molar-refractivity contribution in [1.29, 1.82) is 5.41 Å². The number of aliphatic hydroxyl groups excluding tert-OH is 1. The van der Waals surface area contributed by atoms with Crippen LogP contribution in [0.4, 0.5) is 5.13 Å². The molecule has 1 saturated heterocycles. The van der Waals surface area contributed by atoms with E-state index in [0.29, 0.717) is 35.6 Å². The van der Waals surface area contributed by atoms with Gasteiger partial charge in [0.25, 0.3) is 17.4 Å². The smallest absolute Gasteiger partial charge is 0.418 e. The summed E-state index contributed by atoms with van der Waals surface area (Å²) in [5.74, 6) is -2.91. The fraction of sp³-hybridized carbons (Fsp3) is 0.517. The van der Waals surface area contributed by atoms with Crippen molar-refractivity contribution in [3.8, 4) is 5.75 Å². The Balaban J connectivity index is 1.31. The molecule has 0 radical (unpaired) electrons. The average Bonchev–Trinajstić information content (AvgIpc) is 3.48. The highest BCUT2D eigenvalue weighted by atomic mass is 32.3. The Labute approximate surface area is 290 Å². The number of thiazole rings is 1. The Morgan fingerprint density at radius 3 is 2.56 bits per heavy atom. The second kappa shape index (κ2) is 13.4. The number of nitrogens with zero attached hydrogens (tertiary/aromatic N) is 3. The zero-order chi connectivity index (χ0) is 36.8. The van der Waals surface area contributed by atoms with Gasteiger partial charge in [-0.05, 0) is 77.3 Å². The van der Waals surface area contributed by atoms with Crippen molar-refractivity contribution in [1.82, 2.24) is 26.0 Å². The summed E-state index contributed by atoms with van der Waals surface area (Å²) in [6.07, 6.45) is 0.763. The summed E-state index contributed by atoms with van der Waals surface area (Å²) in [4.78, 5) is 48.3. The number of carbonyl (C=O) groups is 3. The molecule has 9 N–H and O–H groups in total. The fourth-order valence-corrected chi connectivity index (χ4v) is 7.02. The Hall–Kier alpha value is -4.41. The number of amidine groups is 1. The van der Waals surface area contributed by atoms with Crippen molar-refractivity contribution in [2.24, 2.45) is 5.16 Å². The van der Waals surface area contributed by atoms with Gasteiger partial charge in [-0.15, -0.1) is 15.6 Å².